The second-order valence-corrected chi connectivity index (χ2v) is 8.36. The highest BCUT2D eigenvalue weighted by molar-refractivity contribution is 7.19. The molecule has 0 amide bonds. The van der Waals surface area contributed by atoms with E-state index >= 15 is 0 Å². The van der Waals surface area contributed by atoms with Crippen LogP contribution in [0.5, 0.6) is 0 Å². The number of hydrogen-bond acceptors (Lipinski definition) is 6. The zero-order valence-corrected chi connectivity index (χ0v) is 16.9. The van der Waals surface area contributed by atoms with Crippen LogP contribution in [0.3, 0.4) is 0 Å². The van der Waals surface area contributed by atoms with E-state index in [0.717, 1.165) is 21.4 Å². The molecule has 0 spiro atoms. The summed E-state index contributed by atoms with van der Waals surface area (Å²) in [6.45, 7) is 4.43. The predicted molar refractivity (Wildman–Crippen MR) is 110 cm³/mol. The lowest BCUT2D eigenvalue weighted by Crippen LogP contribution is -2.38. The minimum atomic E-state index is -1.21. The number of nitrogens with zero attached hydrogens (tertiary/aromatic N) is 5. The minimum absolute atomic E-state index is 0.0599. The van der Waals surface area contributed by atoms with E-state index < -0.39 is 17.2 Å². The van der Waals surface area contributed by atoms with Crippen molar-refractivity contribution in [1.82, 2.24) is 24.1 Å². The van der Waals surface area contributed by atoms with Crippen molar-refractivity contribution >= 4 is 38.6 Å². The molecule has 0 aliphatic carbocycles. The van der Waals surface area contributed by atoms with E-state index in [0.29, 0.717) is 21.8 Å². The SMILES string of the molecule is CC(C)Cn1c(=O)n(C)c(=O)c2c(C(=O)O)c(Cn3nnc4ccccc43)sc21. The molecule has 150 valence electrons. The number of carboxylic acids is 1. The van der Waals surface area contributed by atoms with Crippen molar-refractivity contribution in [2.45, 2.75) is 26.9 Å². The summed E-state index contributed by atoms with van der Waals surface area (Å²) < 4.78 is 4.06. The molecule has 0 atom stereocenters. The number of thiophene rings is 1. The Morgan fingerprint density at radius 3 is 2.66 bits per heavy atom. The van der Waals surface area contributed by atoms with Gasteiger partial charge in [-0.1, -0.05) is 31.2 Å². The highest BCUT2D eigenvalue weighted by Crippen LogP contribution is 2.30. The van der Waals surface area contributed by atoms with E-state index in [1.165, 1.54) is 11.6 Å². The van der Waals surface area contributed by atoms with Gasteiger partial charge in [-0.05, 0) is 18.1 Å². The molecule has 10 heteroatoms. The van der Waals surface area contributed by atoms with Gasteiger partial charge in [-0.2, -0.15) is 0 Å². The first-order chi connectivity index (χ1) is 13.8. The maximum absolute atomic E-state index is 12.8. The highest BCUT2D eigenvalue weighted by atomic mass is 32.1. The summed E-state index contributed by atoms with van der Waals surface area (Å²) in [6.07, 6.45) is 0. The third-order valence-corrected chi connectivity index (χ3v) is 5.92. The molecule has 0 unspecified atom stereocenters. The van der Waals surface area contributed by atoms with Crippen molar-refractivity contribution in [2.75, 3.05) is 0 Å². The summed E-state index contributed by atoms with van der Waals surface area (Å²) in [5, 5.41) is 18.2. The zero-order chi connectivity index (χ0) is 20.9. The van der Waals surface area contributed by atoms with Gasteiger partial charge in [0.2, 0.25) is 0 Å². The Morgan fingerprint density at radius 1 is 1.24 bits per heavy atom. The number of aromatic carboxylic acids is 1. The molecule has 9 nitrogen and oxygen atoms in total. The zero-order valence-electron chi connectivity index (χ0n) is 16.1. The molecule has 3 aromatic heterocycles. The van der Waals surface area contributed by atoms with Crippen LogP contribution in [0, 0.1) is 5.92 Å². The van der Waals surface area contributed by atoms with E-state index in [1.54, 1.807) is 4.68 Å². The fraction of sp³-hybridized carbons (Fsp3) is 0.316. The van der Waals surface area contributed by atoms with Crippen LogP contribution in [0.2, 0.25) is 0 Å². The number of carboxylic acid groups (broad SMARTS) is 1. The van der Waals surface area contributed by atoms with Crippen LogP contribution in [-0.4, -0.2) is 35.2 Å². The minimum Gasteiger partial charge on any atom is -0.478 e. The fourth-order valence-corrected chi connectivity index (χ4v) is 4.68. The van der Waals surface area contributed by atoms with Crippen LogP contribution in [-0.2, 0) is 20.1 Å². The van der Waals surface area contributed by atoms with Crippen molar-refractivity contribution in [3.05, 3.63) is 55.5 Å². The average Bonchev–Trinajstić information content (AvgIpc) is 3.25. The number of carbonyl (C=O) groups is 1. The maximum Gasteiger partial charge on any atom is 0.337 e. The molecular formula is C19H19N5O4S. The van der Waals surface area contributed by atoms with Crippen molar-refractivity contribution < 1.29 is 9.90 Å². The first-order valence-corrected chi connectivity index (χ1v) is 9.88. The number of benzene rings is 1. The molecule has 4 aromatic rings. The topological polar surface area (TPSA) is 112 Å². The van der Waals surface area contributed by atoms with Crippen LogP contribution < -0.4 is 11.2 Å². The van der Waals surface area contributed by atoms with Gasteiger partial charge in [-0.15, -0.1) is 16.4 Å². The normalized spacial score (nSPS) is 11.7. The molecule has 3 heterocycles. The van der Waals surface area contributed by atoms with Gasteiger partial charge in [0.1, 0.15) is 10.3 Å². The Labute approximate surface area is 168 Å². The molecule has 0 fully saturated rings. The van der Waals surface area contributed by atoms with Crippen molar-refractivity contribution in [2.24, 2.45) is 13.0 Å². The molecule has 0 bridgehead atoms. The second-order valence-electron chi connectivity index (χ2n) is 7.27. The fourth-order valence-electron chi connectivity index (χ4n) is 3.41. The smallest absolute Gasteiger partial charge is 0.337 e. The summed E-state index contributed by atoms with van der Waals surface area (Å²) in [6, 6.07) is 7.35. The number of fused-ring (bicyclic) bond motifs is 2. The van der Waals surface area contributed by atoms with E-state index in [9.17, 15) is 19.5 Å². The van der Waals surface area contributed by atoms with Gasteiger partial charge in [0.15, 0.2) is 0 Å². The highest BCUT2D eigenvalue weighted by Gasteiger charge is 2.26. The Balaban J connectivity index is 2.01. The van der Waals surface area contributed by atoms with Crippen LogP contribution in [0.25, 0.3) is 21.3 Å². The van der Waals surface area contributed by atoms with Gasteiger partial charge in [-0.3, -0.25) is 13.9 Å². The molecule has 1 aromatic carbocycles. The average molecular weight is 413 g/mol. The number of rotatable bonds is 5. The molecule has 1 N–H and O–H groups in total. The van der Waals surface area contributed by atoms with E-state index in [4.69, 9.17) is 0 Å². The quantitative estimate of drug-likeness (QED) is 0.535. The Bertz CT molecular complexity index is 1380. The van der Waals surface area contributed by atoms with Gasteiger partial charge in [0, 0.05) is 18.5 Å². The molecule has 4 rings (SSSR count). The van der Waals surface area contributed by atoms with Gasteiger partial charge < -0.3 is 5.11 Å². The van der Waals surface area contributed by atoms with E-state index in [2.05, 4.69) is 10.3 Å². The third kappa shape index (κ3) is 3.05. The van der Waals surface area contributed by atoms with Crippen molar-refractivity contribution in [3.8, 4) is 0 Å². The summed E-state index contributed by atoms with van der Waals surface area (Å²) in [5.41, 5.74) is 0.315. The van der Waals surface area contributed by atoms with Crippen molar-refractivity contribution in [1.29, 1.82) is 0 Å². The summed E-state index contributed by atoms with van der Waals surface area (Å²) >= 11 is 1.14. The first kappa shape index (κ1) is 19.1. The molecule has 0 aliphatic heterocycles. The lowest BCUT2D eigenvalue weighted by molar-refractivity contribution is 0.0698. The van der Waals surface area contributed by atoms with Gasteiger partial charge in [0.05, 0.1) is 23.0 Å². The Kier molecular flexibility index (Phi) is 4.58. The molecule has 0 radical (unpaired) electrons. The first-order valence-electron chi connectivity index (χ1n) is 9.06. The number of para-hydroxylation sites is 1. The molecule has 29 heavy (non-hydrogen) atoms. The number of hydrogen-bond donors (Lipinski definition) is 1. The molecule has 0 aliphatic rings. The molecule has 0 saturated carbocycles. The largest absolute Gasteiger partial charge is 0.478 e. The third-order valence-electron chi connectivity index (χ3n) is 4.72. The Morgan fingerprint density at radius 2 is 1.97 bits per heavy atom. The molecular weight excluding hydrogens is 394 g/mol. The summed E-state index contributed by atoms with van der Waals surface area (Å²) in [4.78, 5) is 38.4. The Hall–Kier alpha value is -3.27. The van der Waals surface area contributed by atoms with Crippen LogP contribution in [0.1, 0.15) is 29.1 Å². The van der Waals surface area contributed by atoms with E-state index in [-0.39, 0.29) is 23.4 Å². The number of aromatic nitrogens is 5. The van der Waals surface area contributed by atoms with Gasteiger partial charge >= 0.3 is 11.7 Å². The van der Waals surface area contributed by atoms with Crippen molar-refractivity contribution in [3.63, 3.8) is 0 Å². The van der Waals surface area contributed by atoms with Crippen LogP contribution >= 0.6 is 11.3 Å². The maximum atomic E-state index is 12.8. The van der Waals surface area contributed by atoms with Crippen LogP contribution in [0.15, 0.2) is 33.9 Å². The second kappa shape index (κ2) is 6.96. The molecule has 0 saturated heterocycles. The lowest BCUT2D eigenvalue weighted by atomic mass is 10.1. The van der Waals surface area contributed by atoms with Crippen LogP contribution in [0.4, 0.5) is 0 Å². The summed E-state index contributed by atoms with van der Waals surface area (Å²) in [5.74, 6) is -1.06. The summed E-state index contributed by atoms with van der Waals surface area (Å²) in [7, 11) is 1.37. The monoisotopic (exact) mass is 413 g/mol. The van der Waals surface area contributed by atoms with Gasteiger partial charge in [0.25, 0.3) is 5.56 Å². The van der Waals surface area contributed by atoms with Gasteiger partial charge in [-0.25, -0.2) is 14.3 Å². The van der Waals surface area contributed by atoms with E-state index in [1.807, 2.05) is 38.1 Å². The standard InChI is InChI=1S/C19H19N5O4S/c1-10(2)8-23-17-15(16(25)22(3)19(23)28)14(18(26)27)13(29-17)9-24-12-7-5-4-6-11(12)20-21-24/h4-7,10H,8-9H2,1-3H3,(H,26,27). The lowest BCUT2D eigenvalue weighted by Gasteiger charge is -2.11. The predicted octanol–water partition coefficient (Wildman–Crippen LogP) is 1.91.